The van der Waals surface area contributed by atoms with Crippen molar-refractivity contribution in [2.75, 3.05) is 7.11 Å². The zero-order valence-corrected chi connectivity index (χ0v) is 20.7. The van der Waals surface area contributed by atoms with Crippen LogP contribution in [-0.4, -0.2) is 44.8 Å². The summed E-state index contributed by atoms with van der Waals surface area (Å²) in [6.07, 6.45) is -1.94. The van der Waals surface area contributed by atoms with E-state index in [0.717, 1.165) is 18.4 Å². The summed E-state index contributed by atoms with van der Waals surface area (Å²) in [7, 11) is 1.58. The summed E-state index contributed by atoms with van der Waals surface area (Å²) in [6.45, 7) is 0.351. The topological polar surface area (TPSA) is 86.5 Å². The number of thioether (sulfide) groups is 1. The van der Waals surface area contributed by atoms with E-state index >= 15 is 0 Å². The third kappa shape index (κ3) is 6.44. The van der Waals surface area contributed by atoms with Crippen molar-refractivity contribution in [1.29, 1.82) is 0 Å². The van der Waals surface area contributed by atoms with Crippen molar-refractivity contribution in [2.45, 2.75) is 54.8 Å². The number of aromatic carboxylic acids is 1. The second-order valence-corrected chi connectivity index (χ2v) is 10.1. The molecule has 0 spiro atoms. The Bertz CT molecular complexity index is 1210. The van der Waals surface area contributed by atoms with Gasteiger partial charge in [-0.2, -0.15) is 0 Å². The first kappa shape index (κ1) is 26.2. The number of ether oxygens (including phenoxy) is 2. The molecule has 0 unspecified atom stereocenters. The Balaban J connectivity index is 1.45. The van der Waals surface area contributed by atoms with Gasteiger partial charge < -0.3 is 14.6 Å². The van der Waals surface area contributed by atoms with Crippen LogP contribution in [0, 0.1) is 0 Å². The van der Waals surface area contributed by atoms with Gasteiger partial charge in [0.25, 0.3) is 0 Å². The second kappa shape index (κ2) is 11.0. The van der Waals surface area contributed by atoms with Crippen molar-refractivity contribution in [3.63, 3.8) is 0 Å². The average Bonchev–Trinajstić information content (AvgIpc) is 3.22. The molecule has 36 heavy (non-hydrogen) atoms. The highest BCUT2D eigenvalue weighted by atomic mass is 35.5. The fourth-order valence-electron chi connectivity index (χ4n) is 4.24. The fraction of sp³-hybridized carbons (Fsp3) is 0.375. The Morgan fingerprint density at radius 1 is 1.14 bits per heavy atom. The molecule has 4 rings (SSSR count). The number of carboxylic acid groups (broad SMARTS) is 1. The number of carboxylic acids is 1. The maximum Gasteiger partial charge on any atom is 0.573 e. The quantitative estimate of drug-likeness (QED) is 0.353. The summed E-state index contributed by atoms with van der Waals surface area (Å²) in [4.78, 5) is 11.8. The van der Waals surface area contributed by atoms with Crippen molar-refractivity contribution < 1.29 is 32.5 Å². The van der Waals surface area contributed by atoms with Gasteiger partial charge >= 0.3 is 12.3 Å². The number of hydrogen-bond donors (Lipinski definition) is 1. The van der Waals surface area contributed by atoms with Crippen LogP contribution in [-0.2, 0) is 6.54 Å². The van der Waals surface area contributed by atoms with Crippen molar-refractivity contribution in [3.8, 4) is 11.5 Å². The van der Waals surface area contributed by atoms with Gasteiger partial charge in [-0.1, -0.05) is 28.9 Å². The highest BCUT2D eigenvalue weighted by Gasteiger charge is 2.32. The molecule has 1 N–H and O–H groups in total. The Morgan fingerprint density at radius 2 is 1.81 bits per heavy atom. The first-order valence-corrected chi connectivity index (χ1v) is 12.4. The lowest BCUT2D eigenvalue weighted by molar-refractivity contribution is -0.274. The molecule has 3 aromatic rings. The third-order valence-electron chi connectivity index (χ3n) is 5.98. The van der Waals surface area contributed by atoms with Crippen LogP contribution >= 0.6 is 23.4 Å². The Kier molecular flexibility index (Phi) is 7.99. The number of aromatic nitrogens is 3. The van der Waals surface area contributed by atoms with E-state index in [-0.39, 0.29) is 22.6 Å². The molecule has 1 fully saturated rings. The lowest BCUT2D eigenvalue weighted by atomic mass is 9.84. The lowest BCUT2D eigenvalue weighted by Gasteiger charge is -2.29. The lowest BCUT2D eigenvalue weighted by Crippen LogP contribution is -2.18. The molecule has 1 saturated carbocycles. The molecule has 2 aromatic carbocycles. The number of carbonyl (C=O) groups is 1. The van der Waals surface area contributed by atoms with Gasteiger partial charge in [0.15, 0.2) is 0 Å². The zero-order chi connectivity index (χ0) is 25.9. The Labute approximate surface area is 214 Å². The molecule has 1 heterocycles. The van der Waals surface area contributed by atoms with Gasteiger partial charge in [-0.25, -0.2) is 9.48 Å². The molecule has 12 heteroatoms. The van der Waals surface area contributed by atoms with Crippen LogP contribution in [0.5, 0.6) is 11.5 Å². The predicted molar refractivity (Wildman–Crippen MR) is 128 cm³/mol. The molecular formula is C24H23ClF3N3O4S. The minimum Gasteiger partial charge on any atom is -0.497 e. The Hall–Kier alpha value is -2.92. The minimum absolute atomic E-state index is 0.0209. The monoisotopic (exact) mass is 541 g/mol. The Morgan fingerprint density at radius 3 is 2.42 bits per heavy atom. The molecule has 0 atom stereocenters. The minimum atomic E-state index is -4.77. The van der Waals surface area contributed by atoms with E-state index in [0.29, 0.717) is 40.7 Å². The van der Waals surface area contributed by atoms with E-state index in [4.69, 9.17) is 16.3 Å². The van der Waals surface area contributed by atoms with Crippen molar-refractivity contribution in [3.05, 3.63) is 64.3 Å². The summed E-state index contributed by atoms with van der Waals surface area (Å²) in [5.74, 6) is -0.753. The molecular weight excluding hydrogens is 519 g/mol. The van der Waals surface area contributed by atoms with Crippen LogP contribution < -0.4 is 9.47 Å². The zero-order valence-electron chi connectivity index (χ0n) is 19.2. The van der Waals surface area contributed by atoms with Crippen LogP contribution in [0.2, 0.25) is 5.02 Å². The summed E-state index contributed by atoms with van der Waals surface area (Å²) in [6, 6.07) is 11.4. The van der Waals surface area contributed by atoms with E-state index in [2.05, 4.69) is 15.0 Å². The highest BCUT2D eigenvalue weighted by molar-refractivity contribution is 7.99. The third-order valence-corrected chi connectivity index (χ3v) is 7.75. The number of nitrogens with zero attached hydrogens (tertiary/aromatic N) is 3. The van der Waals surface area contributed by atoms with Gasteiger partial charge in [0.05, 0.1) is 13.7 Å². The van der Waals surface area contributed by atoms with E-state index in [1.165, 1.54) is 30.0 Å². The molecule has 192 valence electrons. The fourth-order valence-corrected chi connectivity index (χ4v) is 5.80. The van der Waals surface area contributed by atoms with Crippen LogP contribution in [0.1, 0.15) is 53.2 Å². The number of rotatable bonds is 8. The van der Waals surface area contributed by atoms with Crippen LogP contribution in [0.4, 0.5) is 13.2 Å². The molecule has 1 aromatic heterocycles. The molecule has 0 saturated heterocycles. The normalized spacial score (nSPS) is 18.1. The van der Waals surface area contributed by atoms with Gasteiger partial charge in [-0.05, 0) is 73.1 Å². The van der Waals surface area contributed by atoms with Gasteiger partial charge in [0.2, 0.25) is 5.69 Å². The summed E-state index contributed by atoms with van der Waals surface area (Å²) in [5, 5.41) is 18.5. The van der Waals surface area contributed by atoms with E-state index < -0.39 is 12.3 Å². The van der Waals surface area contributed by atoms with Crippen LogP contribution in [0.25, 0.3) is 0 Å². The number of alkyl halides is 3. The van der Waals surface area contributed by atoms with Crippen molar-refractivity contribution >= 4 is 29.3 Å². The van der Waals surface area contributed by atoms with Gasteiger partial charge in [0.1, 0.15) is 16.5 Å². The van der Waals surface area contributed by atoms with Crippen LogP contribution in [0.15, 0.2) is 47.5 Å². The highest BCUT2D eigenvalue weighted by Crippen LogP contribution is 2.43. The number of benzene rings is 2. The summed E-state index contributed by atoms with van der Waals surface area (Å²) < 4.78 is 48.7. The standard InChI is InChI=1S/C24H23ClF3N3O4S/c1-34-16-6-2-14(3-7-16)13-31-22(21(23(32)33)29-30-31)36-18-9-4-15(5-10-18)19-12-17(8-11-20(19)25)35-24(26,27)28/h2-3,6-8,11-12,15,18H,4-5,9-10,13H2,1H3,(H,32,33). The van der Waals surface area contributed by atoms with Crippen molar-refractivity contribution in [1.82, 2.24) is 15.0 Å². The molecule has 7 nitrogen and oxygen atoms in total. The van der Waals surface area contributed by atoms with Gasteiger partial charge in [0, 0.05) is 10.3 Å². The smallest absolute Gasteiger partial charge is 0.497 e. The SMILES string of the molecule is COc1ccc(Cn2nnc(C(=O)O)c2SC2CCC(c3cc(OC(F)(F)F)ccc3Cl)CC2)cc1. The van der Waals surface area contributed by atoms with Gasteiger partial charge in [-0.3, -0.25) is 0 Å². The van der Waals surface area contributed by atoms with Crippen LogP contribution in [0.3, 0.4) is 0 Å². The molecule has 0 bridgehead atoms. The summed E-state index contributed by atoms with van der Waals surface area (Å²) >= 11 is 7.71. The molecule has 0 amide bonds. The molecule has 0 aliphatic heterocycles. The molecule has 1 aliphatic carbocycles. The van der Waals surface area contributed by atoms with E-state index in [1.54, 1.807) is 11.8 Å². The second-order valence-electron chi connectivity index (χ2n) is 8.38. The summed E-state index contributed by atoms with van der Waals surface area (Å²) in [5.41, 5.74) is 1.44. The maximum absolute atomic E-state index is 12.6. The average molecular weight is 542 g/mol. The molecule has 1 aliphatic rings. The molecule has 0 radical (unpaired) electrons. The predicted octanol–water partition coefficient (Wildman–Crippen LogP) is 6.40. The largest absolute Gasteiger partial charge is 0.573 e. The number of halogens is 4. The first-order chi connectivity index (χ1) is 17.1. The van der Waals surface area contributed by atoms with Crippen molar-refractivity contribution in [2.24, 2.45) is 0 Å². The first-order valence-electron chi connectivity index (χ1n) is 11.1. The van der Waals surface area contributed by atoms with E-state index in [1.807, 2.05) is 24.3 Å². The van der Waals surface area contributed by atoms with Gasteiger partial charge in [-0.15, -0.1) is 30.0 Å². The van der Waals surface area contributed by atoms with E-state index in [9.17, 15) is 23.1 Å². The number of hydrogen-bond acceptors (Lipinski definition) is 6. The number of methoxy groups -OCH3 is 1. The maximum atomic E-state index is 12.6.